The molecule has 1 N–H and O–H groups in total. The summed E-state index contributed by atoms with van der Waals surface area (Å²) in [5, 5.41) is 13.3. The van der Waals surface area contributed by atoms with Crippen molar-refractivity contribution in [3.05, 3.63) is 102 Å². The summed E-state index contributed by atoms with van der Waals surface area (Å²) in [4.78, 5) is 57.3. The smallest absolute Gasteiger partial charge is 0.246 e. The van der Waals surface area contributed by atoms with Crippen molar-refractivity contribution < 1.29 is 23.9 Å². The van der Waals surface area contributed by atoms with E-state index in [-0.39, 0.29) is 68.3 Å². The minimum atomic E-state index is -0.913. The van der Waals surface area contributed by atoms with Gasteiger partial charge in [-0.05, 0) is 68.8 Å². The molecule has 4 aliphatic rings. The number of hydrazine groups is 1. The van der Waals surface area contributed by atoms with Gasteiger partial charge in [-0.25, -0.2) is 19.4 Å². The second-order valence-corrected chi connectivity index (χ2v) is 15.1. The number of benzene rings is 2. The quantitative estimate of drug-likeness (QED) is 0.281. The molecule has 12 nitrogen and oxygen atoms in total. The highest BCUT2D eigenvalue weighted by atomic mass is 19.1. The number of aryl methyl sites for hydroxylation is 1. The molecule has 0 radical (unpaired) electrons. The molecule has 0 spiro atoms. The summed E-state index contributed by atoms with van der Waals surface area (Å²) in [6, 6.07) is 19.4. The first-order chi connectivity index (χ1) is 26.1. The zero-order valence-electron chi connectivity index (χ0n) is 31.3. The van der Waals surface area contributed by atoms with Gasteiger partial charge in [-0.3, -0.25) is 19.3 Å². The standard InChI is InChI=1S/C41H51FN8O4/c1-4-20-48-28-39(53)49-36(23-30-10-14-34(51)15-11-30)41(54)47(27-37(49)50(48)38(52)17-12-29-8-6-5-7-9-29)24-31-13-16-35(42)40(43-31)46-25-33(26-46)45-21-18-32(19-22-45)44(2)3/h4-11,13-16,32-33,36-37,51H,1,12,17-28H2,2-3H3/t36-,37?/m0/s1. The first kappa shape index (κ1) is 37.5. The van der Waals surface area contributed by atoms with E-state index in [2.05, 4.69) is 30.5 Å². The summed E-state index contributed by atoms with van der Waals surface area (Å²) < 4.78 is 15.3. The third-order valence-electron chi connectivity index (χ3n) is 11.4. The summed E-state index contributed by atoms with van der Waals surface area (Å²) in [5.74, 6) is -0.732. The Morgan fingerprint density at radius 3 is 2.39 bits per heavy atom. The highest BCUT2D eigenvalue weighted by Gasteiger charge is 2.51. The minimum Gasteiger partial charge on any atom is -0.508 e. The van der Waals surface area contributed by atoms with E-state index in [1.165, 1.54) is 6.07 Å². The summed E-state index contributed by atoms with van der Waals surface area (Å²) in [6.45, 7) is 7.65. The maximum absolute atomic E-state index is 15.3. The van der Waals surface area contributed by atoms with Crippen LogP contribution in [0.5, 0.6) is 5.75 Å². The predicted molar refractivity (Wildman–Crippen MR) is 204 cm³/mol. The van der Waals surface area contributed by atoms with Crippen molar-refractivity contribution in [1.82, 2.24) is 34.6 Å². The van der Waals surface area contributed by atoms with Crippen LogP contribution >= 0.6 is 0 Å². The van der Waals surface area contributed by atoms with Gasteiger partial charge in [0.05, 0.1) is 25.3 Å². The lowest BCUT2D eigenvalue weighted by molar-refractivity contribution is -0.205. The molecule has 7 rings (SSSR count). The Labute approximate surface area is 317 Å². The van der Waals surface area contributed by atoms with Gasteiger partial charge in [0, 0.05) is 57.6 Å². The van der Waals surface area contributed by atoms with Crippen LogP contribution in [-0.4, -0.2) is 142 Å². The molecule has 4 aliphatic heterocycles. The van der Waals surface area contributed by atoms with Crippen LogP contribution in [0.25, 0.3) is 0 Å². The zero-order valence-corrected chi connectivity index (χ0v) is 31.3. The maximum Gasteiger partial charge on any atom is 0.246 e. The number of hydrogen-bond acceptors (Lipinski definition) is 9. The monoisotopic (exact) mass is 738 g/mol. The molecule has 0 saturated carbocycles. The number of anilines is 1. The number of likely N-dealkylation sites (tertiary alicyclic amines) is 1. The Kier molecular flexibility index (Phi) is 11.3. The first-order valence-electron chi connectivity index (χ1n) is 19.0. The second-order valence-electron chi connectivity index (χ2n) is 15.1. The molecule has 1 aromatic heterocycles. The molecule has 54 heavy (non-hydrogen) atoms. The van der Waals surface area contributed by atoms with Crippen molar-refractivity contribution in [1.29, 1.82) is 0 Å². The van der Waals surface area contributed by atoms with Crippen LogP contribution in [0.4, 0.5) is 10.2 Å². The highest BCUT2D eigenvalue weighted by Crippen LogP contribution is 2.32. The number of pyridine rings is 1. The van der Waals surface area contributed by atoms with Crippen LogP contribution in [0.3, 0.4) is 0 Å². The van der Waals surface area contributed by atoms with E-state index in [4.69, 9.17) is 4.98 Å². The minimum absolute atomic E-state index is 0.0600. The lowest BCUT2D eigenvalue weighted by Gasteiger charge is -2.55. The van der Waals surface area contributed by atoms with Gasteiger partial charge in [0.1, 0.15) is 18.0 Å². The van der Waals surface area contributed by atoms with Crippen molar-refractivity contribution in [2.45, 2.75) is 62.9 Å². The molecule has 2 aromatic carbocycles. The van der Waals surface area contributed by atoms with Crippen LogP contribution in [-0.2, 0) is 33.8 Å². The van der Waals surface area contributed by atoms with Crippen LogP contribution in [0.1, 0.15) is 36.1 Å². The fourth-order valence-electron chi connectivity index (χ4n) is 8.37. The van der Waals surface area contributed by atoms with E-state index in [0.717, 1.165) is 37.1 Å². The van der Waals surface area contributed by atoms with E-state index in [9.17, 15) is 19.5 Å². The Balaban J connectivity index is 1.13. The number of amides is 3. The average Bonchev–Trinajstić information content (AvgIpc) is 3.14. The van der Waals surface area contributed by atoms with Crippen molar-refractivity contribution in [3.8, 4) is 5.75 Å². The van der Waals surface area contributed by atoms with Crippen LogP contribution in [0.15, 0.2) is 79.4 Å². The normalized spacial score (nSPS) is 21.8. The lowest BCUT2D eigenvalue weighted by Crippen LogP contribution is -2.75. The number of phenolic OH excluding ortho intramolecular Hbond substituents is 1. The molecule has 3 amide bonds. The second kappa shape index (κ2) is 16.3. The number of carbonyl (C=O) groups excluding carboxylic acids is 3. The third-order valence-corrected chi connectivity index (χ3v) is 11.4. The number of nitrogens with zero attached hydrogens (tertiary/aromatic N) is 8. The van der Waals surface area contributed by atoms with Gasteiger partial charge in [0.15, 0.2) is 11.6 Å². The molecule has 4 saturated heterocycles. The fraction of sp³-hybridized carbons (Fsp3) is 0.463. The number of carbonyl (C=O) groups is 3. The fourth-order valence-corrected chi connectivity index (χ4v) is 8.37. The first-order valence-corrected chi connectivity index (χ1v) is 19.0. The van der Waals surface area contributed by atoms with Gasteiger partial charge in [0.25, 0.3) is 0 Å². The molecule has 5 heterocycles. The Bertz CT molecular complexity index is 1810. The molecule has 13 heteroatoms. The number of aromatic hydroxyl groups is 1. The molecule has 2 atom stereocenters. The van der Waals surface area contributed by atoms with Crippen LogP contribution in [0, 0.1) is 5.82 Å². The molecule has 1 unspecified atom stereocenters. The summed E-state index contributed by atoms with van der Waals surface area (Å²) in [6.07, 6.45) is 4.04. The van der Waals surface area contributed by atoms with E-state index in [1.54, 1.807) is 56.2 Å². The maximum atomic E-state index is 15.3. The van der Waals surface area contributed by atoms with E-state index < -0.39 is 18.0 Å². The number of halogens is 1. The van der Waals surface area contributed by atoms with Crippen molar-refractivity contribution in [3.63, 3.8) is 0 Å². The van der Waals surface area contributed by atoms with Gasteiger partial charge in [-0.1, -0.05) is 48.5 Å². The topological polar surface area (TPSA) is 107 Å². The molecule has 3 aromatic rings. The molecule has 286 valence electrons. The average molecular weight is 739 g/mol. The van der Waals surface area contributed by atoms with Crippen molar-refractivity contribution in [2.24, 2.45) is 0 Å². The number of piperidine rings is 1. The lowest BCUT2D eigenvalue weighted by atomic mass is 9.98. The van der Waals surface area contributed by atoms with Crippen molar-refractivity contribution >= 4 is 23.5 Å². The Morgan fingerprint density at radius 2 is 1.70 bits per heavy atom. The van der Waals surface area contributed by atoms with E-state index >= 15 is 4.39 Å². The molecular weight excluding hydrogens is 688 g/mol. The number of piperazine rings is 1. The highest BCUT2D eigenvalue weighted by molar-refractivity contribution is 5.92. The predicted octanol–water partition coefficient (Wildman–Crippen LogP) is 3.13. The zero-order chi connectivity index (χ0) is 37.9. The summed E-state index contributed by atoms with van der Waals surface area (Å²) >= 11 is 0. The number of hydrogen-bond donors (Lipinski definition) is 1. The van der Waals surface area contributed by atoms with Gasteiger partial charge >= 0.3 is 0 Å². The number of fused-ring (bicyclic) bond motifs is 1. The largest absolute Gasteiger partial charge is 0.508 e. The van der Waals surface area contributed by atoms with E-state index in [0.29, 0.717) is 37.3 Å². The molecule has 0 aliphatic carbocycles. The summed E-state index contributed by atoms with van der Waals surface area (Å²) in [7, 11) is 4.26. The molecule has 4 fully saturated rings. The molecule has 0 bridgehead atoms. The van der Waals surface area contributed by atoms with Crippen LogP contribution < -0.4 is 4.90 Å². The van der Waals surface area contributed by atoms with Crippen LogP contribution in [0.2, 0.25) is 0 Å². The van der Waals surface area contributed by atoms with Gasteiger partial charge < -0.3 is 24.7 Å². The van der Waals surface area contributed by atoms with E-state index in [1.807, 2.05) is 35.2 Å². The van der Waals surface area contributed by atoms with Crippen molar-refractivity contribution in [2.75, 3.05) is 64.8 Å². The number of aromatic nitrogens is 1. The van der Waals surface area contributed by atoms with Gasteiger partial charge in [-0.15, -0.1) is 6.58 Å². The Hall–Kier alpha value is -4.85. The summed E-state index contributed by atoms with van der Waals surface area (Å²) in [5.41, 5.74) is 2.31. The van der Waals surface area contributed by atoms with Gasteiger partial charge in [0.2, 0.25) is 17.7 Å². The number of rotatable bonds is 12. The SMILES string of the molecule is C=CCN1CC(=O)N2C(CN(Cc3ccc(F)c(N4CC(N5CCC(N(C)C)CC5)C4)n3)C(=O)[C@@H]2Cc2ccc(O)cc2)N1C(=O)CCc1ccccc1. The third kappa shape index (κ3) is 7.98. The van der Waals surface area contributed by atoms with Gasteiger partial charge in [-0.2, -0.15) is 0 Å². The number of phenols is 1. The Morgan fingerprint density at radius 1 is 0.981 bits per heavy atom. The molecular formula is C41H51FN8O4.